The molecule has 0 spiro atoms. The average molecular weight is 571 g/mol. The number of ether oxygens (including phenoxy) is 2. The number of nitrogens with zero attached hydrogens (tertiary/aromatic N) is 2. The minimum atomic E-state index is -1.70. The summed E-state index contributed by atoms with van der Waals surface area (Å²) < 4.78 is 18.2. The molecule has 210 valence electrons. The van der Waals surface area contributed by atoms with E-state index in [1.807, 2.05) is 6.92 Å². The molecule has 1 aliphatic heterocycles. The summed E-state index contributed by atoms with van der Waals surface area (Å²) in [4.78, 5) is 30.8. The molecule has 0 saturated carbocycles. The van der Waals surface area contributed by atoms with Gasteiger partial charge in [0.05, 0.1) is 18.2 Å². The number of hydrogen-bond donors (Lipinski definition) is 0. The molecule has 2 heterocycles. The lowest BCUT2D eigenvalue weighted by Gasteiger charge is -2.36. The Hall–Kier alpha value is -1.36. The fourth-order valence-corrected chi connectivity index (χ4v) is 7.81. The molecule has 1 aromatic rings. The fraction of sp³-hybridized carbons (Fsp3) is 0.741. The van der Waals surface area contributed by atoms with E-state index in [1.165, 1.54) is 35.9 Å². The van der Waals surface area contributed by atoms with E-state index in [0.29, 0.717) is 24.6 Å². The summed E-state index contributed by atoms with van der Waals surface area (Å²) >= 11 is 2.96. The van der Waals surface area contributed by atoms with Gasteiger partial charge in [-0.25, -0.2) is 14.6 Å². The van der Waals surface area contributed by atoms with Gasteiger partial charge in [0.2, 0.25) is 0 Å². The summed E-state index contributed by atoms with van der Waals surface area (Å²) in [5, 5.41) is 1.73. The molecule has 1 fully saturated rings. The van der Waals surface area contributed by atoms with Gasteiger partial charge in [-0.1, -0.05) is 63.4 Å². The Kier molecular flexibility index (Phi) is 13.2. The lowest BCUT2D eigenvalue weighted by Crippen LogP contribution is -2.40. The van der Waals surface area contributed by atoms with Crippen molar-refractivity contribution in [2.45, 2.75) is 114 Å². The molecule has 2 rings (SSSR count). The molecule has 1 aromatic heterocycles. The van der Waals surface area contributed by atoms with Gasteiger partial charge in [-0.2, -0.15) is 0 Å². The molecule has 7 nitrogen and oxygen atoms in total. The Labute approximate surface area is 232 Å². The molecule has 1 amide bonds. The second-order valence-electron chi connectivity index (χ2n) is 10.9. The maximum Gasteiger partial charge on any atom is 0.410 e. The number of carbonyl (C=O) groups is 2. The predicted molar refractivity (Wildman–Crippen MR) is 155 cm³/mol. The minimum absolute atomic E-state index is 0.111. The zero-order chi connectivity index (χ0) is 27.5. The zero-order valence-corrected chi connectivity index (χ0v) is 26.3. The van der Waals surface area contributed by atoms with Gasteiger partial charge < -0.3 is 13.9 Å². The highest BCUT2D eigenvalue weighted by atomic mass is 32.2. The number of rotatable bonds is 17. The van der Waals surface area contributed by atoms with Crippen LogP contribution < -0.4 is 0 Å². The van der Waals surface area contributed by atoms with E-state index < -0.39 is 8.32 Å². The number of hydrogen-bond acceptors (Lipinski definition) is 8. The van der Waals surface area contributed by atoms with Crippen molar-refractivity contribution in [2.75, 3.05) is 18.9 Å². The van der Waals surface area contributed by atoms with Crippen LogP contribution in [0.15, 0.2) is 21.9 Å². The second kappa shape index (κ2) is 15.3. The van der Waals surface area contributed by atoms with Gasteiger partial charge in [-0.05, 0) is 52.8 Å². The summed E-state index contributed by atoms with van der Waals surface area (Å²) in [6.45, 7) is 16.1. The van der Waals surface area contributed by atoms with Gasteiger partial charge in [0.25, 0.3) is 0 Å². The van der Waals surface area contributed by atoms with Crippen LogP contribution in [0.2, 0.25) is 19.6 Å². The topological polar surface area (TPSA) is 78.0 Å². The predicted octanol–water partition coefficient (Wildman–Crippen LogP) is 7.54. The van der Waals surface area contributed by atoms with E-state index in [2.05, 4.69) is 57.5 Å². The maximum atomic E-state index is 12.5. The van der Waals surface area contributed by atoms with Gasteiger partial charge in [0.1, 0.15) is 6.10 Å². The van der Waals surface area contributed by atoms with Crippen molar-refractivity contribution in [3.8, 4) is 0 Å². The maximum absolute atomic E-state index is 12.5. The molecule has 37 heavy (non-hydrogen) atoms. The third-order valence-corrected chi connectivity index (χ3v) is 9.19. The van der Waals surface area contributed by atoms with E-state index in [0.717, 1.165) is 36.4 Å². The number of amides is 1. The molecule has 0 N–H and O–H groups in total. The van der Waals surface area contributed by atoms with E-state index in [4.69, 9.17) is 13.9 Å². The van der Waals surface area contributed by atoms with Crippen molar-refractivity contribution < 1.29 is 23.5 Å². The third kappa shape index (κ3) is 11.1. The normalized spacial score (nSPS) is 19.9. The first-order chi connectivity index (χ1) is 17.5. The van der Waals surface area contributed by atoms with Crippen LogP contribution in [-0.4, -0.2) is 66.9 Å². The van der Waals surface area contributed by atoms with Crippen molar-refractivity contribution in [3.63, 3.8) is 0 Å². The largest absolute Gasteiger partial charge is 0.461 e. The first-order valence-corrected chi connectivity index (χ1v) is 18.8. The molecule has 0 aromatic carbocycles. The van der Waals surface area contributed by atoms with E-state index in [9.17, 15) is 9.59 Å². The lowest BCUT2D eigenvalue weighted by molar-refractivity contribution is 0.0493. The quantitative estimate of drug-likeness (QED) is 0.0629. The van der Waals surface area contributed by atoms with Crippen molar-refractivity contribution in [1.82, 2.24) is 9.88 Å². The van der Waals surface area contributed by atoms with E-state index in [1.54, 1.807) is 10.3 Å². The summed E-state index contributed by atoms with van der Waals surface area (Å²) in [7, 11) is -1.70. The van der Waals surface area contributed by atoms with Crippen LogP contribution in [0.3, 0.4) is 0 Å². The number of esters is 1. The Morgan fingerprint density at radius 2 is 2.00 bits per heavy atom. The molecule has 1 saturated heterocycles. The van der Waals surface area contributed by atoms with Crippen molar-refractivity contribution >= 4 is 43.5 Å². The summed E-state index contributed by atoms with van der Waals surface area (Å²) in [6, 6.07) is -0.111. The Morgan fingerprint density at radius 3 is 2.68 bits per heavy atom. The molecule has 0 bridgehead atoms. The van der Waals surface area contributed by atoms with Crippen LogP contribution in [0.4, 0.5) is 4.79 Å². The van der Waals surface area contributed by atoms with Gasteiger partial charge in [0.15, 0.2) is 18.4 Å². The van der Waals surface area contributed by atoms with Crippen LogP contribution in [0.25, 0.3) is 0 Å². The van der Waals surface area contributed by atoms with Crippen LogP contribution in [0, 0.1) is 0 Å². The molecule has 10 heteroatoms. The van der Waals surface area contributed by atoms with Crippen LogP contribution in [0.1, 0.15) is 83.1 Å². The lowest BCUT2D eigenvalue weighted by atomic mass is 9.94. The summed E-state index contributed by atoms with van der Waals surface area (Å²) in [5.41, 5.74) is 0.158. The SMILES string of the molecule is CCCCCC(C)(CC=C[C@H]1[C@H](C)OC(=O)N1CCSc1nc(C(=O)OCCCC)cs1)O[Si](C)(C)C. The number of aromatic nitrogens is 1. The molecule has 0 aliphatic carbocycles. The first kappa shape index (κ1) is 31.9. The van der Waals surface area contributed by atoms with E-state index >= 15 is 0 Å². The van der Waals surface area contributed by atoms with Crippen molar-refractivity contribution in [2.24, 2.45) is 0 Å². The molecular formula is C27H46N2O5S2Si. The van der Waals surface area contributed by atoms with Crippen molar-refractivity contribution in [1.29, 1.82) is 0 Å². The molecule has 1 aliphatic rings. The van der Waals surface area contributed by atoms with E-state index in [-0.39, 0.29) is 29.8 Å². The highest BCUT2D eigenvalue weighted by Gasteiger charge is 2.37. The Morgan fingerprint density at radius 1 is 1.27 bits per heavy atom. The highest BCUT2D eigenvalue weighted by Crippen LogP contribution is 2.30. The number of thioether (sulfide) groups is 1. The standard InChI is InChI=1S/C27H46N2O5S2Si/c1-8-10-12-15-27(4,34-37(5,6)7)16-13-14-23-21(3)33-26(31)29(23)17-19-35-25-28-22(20-36-25)24(30)32-18-11-9-2/h13-14,20-21,23H,8-12,15-19H2,1-7H3/t21-,23-,27?/m0/s1. The van der Waals surface area contributed by atoms with Crippen molar-refractivity contribution in [3.05, 3.63) is 23.2 Å². The molecule has 1 unspecified atom stereocenters. The van der Waals surface area contributed by atoms with Crippen LogP contribution >= 0.6 is 23.1 Å². The fourth-order valence-electron chi connectivity index (χ4n) is 4.34. The average Bonchev–Trinajstić information content (AvgIpc) is 3.38. The molecular weight excluding hydrogens is 525 g/mol. The second-order valence-corrected chi connectivity index (χ2v) is 17.5. The Balaban J connectivity index is 1.93. The summed E-state index contributed by atoms with van der Waals surface area (Å²) in [6.07, 6.45) is 11.0. The molecule has 0 radical (unpaired) electrons. The van der Waals surface area contributed by atoms with Gasteiger partial charge >= 0.3 is 12.1 Å². The van der Waals surface area contributed by atoms with Gasteiger partial charge in [0, 0.05) is 17.7 Å². The zero-order valence-electron chi connectivity index (χ0n) is 23.7. The third-order valence-electron chi connectivity index (χ3n) is 6.09. The number of thiazole rings is 1. The smallest absolute Gasteiger partial charge is 0.410 e. The minimum Gasteiger partial charge on any atom is -0.461 e. The first-order valence-electron chi connectivity index (χ1n) is 13.6. The van der Waals surface area contributed by atoms with Gasteiger partial charge in [-0.15, -0.1) is 11.3 Å². The van der Waals surface area contributed by atoms with Crippen LogP contribution in [0.5, 0.6) is 0 Å². The number of unbranched alkanes of at least 4 members (excludes halogenated alkanes) is 3. The summed E-state index contributed by atoms with van der Waals surface area (Å²) in [5.74, 6) is 0.288. The number of cyclic esters (lactones) is 1. The molecule has 3 atom stereocenters. The van der Waals surface area contributed by atoms with Gasteiger partial charge in [-0.3, -0.25) is 4.90 Å². The monoisotopic (exact) mass is 570 g/mol. The van der Waals surface area contributed by atoms with Crippen LogP contribution in [-0.2, 0) is 13.9 Å². The number of carbonyl (C=O) groups excluding carboxylic acids is 2. The highest BCUT2D eigenvalue weighted by molar-refractivity contribution is 8.01. The Bertz CT molecular complexity index is 888.